The number of anilines is 1. The van der Waals surface area contributed by atoms with Gasteiger partial charge in [0.05, 0.1) is 16.3 Å². The van der Waals surface area contributed by atoms with Gasteiger partial charge in [-0.2, -0.15) is 0 Å². The number of benzene rings is 1. The first-order valence-electron chi connectivity index (χ1n) is 3.03. The summed E-state index contributed by atoms with van der Waals surface area (Å²) in [5, 5.41) is 17.5. The molecule has 0 aromatic heterocycles. The second-order valence-electron chi connectivity index (χ2n) is 2.20. The van der Waals surface area contributed by atoms with Gasteiger partial charge in [-0.1, -0.05) is 11.6 Å². The summed E-state index contributed by atoms with van der Waals surface area (Å²) in [6.07, 6.45) is 0. The maximum absolute atomic E-state index is 10.5. The maximum atomic E-state index is 10.5. The number of halogens is 2. The first-order valence-corrected chi connectivity index (χ1v) is 3.41. The Hall–Kier alpha value is -1.13. The zero-order valence-corrected chi connectivity index (χ0v) is 7.89. The summed E-state index contributed by atoms with van der Waals surface area (Å²) in [4.78, 5) is 10.5. The Morgan fingerprint density at radius 3 is 2.46 bits per heavy atom. The van der Waals surface area contributed by atoms with Gasteiger partial charge in [0, 0.05) is 6.07 Å². The van der Waals surface area contributed by atoms with Crippen LogP contribution in [-0.2, 0) is 0 Å². The first-order chi connectivity index (χ1) is 5.52. The minimum Gasteiger partial charge on any atom is -0.508 e. The highest BCUT2D eigenvalue weighted by Gasteiger charge is 2.12. The van der Waals surface area contributed by atoms with Gasteiger partial charge in [-0.25, -0.2) is 4.79 Å². The lowest BCUT2D eigenvalue weighted by molar-refractivity contribution is 0.0696. The van der Waals surface area contributed by atoms with Gasteiger partial charge in [-0.3, -0.25) is 0 Å². The fourth-order valence-electron chi connectivity index (χ4n) is 0.787. The van der Waals surface area contributed by atoms with Gasteiger partial charge in [0.1, 0.15) is 5.75 Å². The zero-order chi connectivity index (χ0) is 9.30. The summed E-state index contributed by atoms with van der Waals surface area (Å²) in [6.45, 7) is 0. The van der Waals surface area contributed by atoms with Crippen molar-refractivity contribution in [1.82, 2.24) is 0 Å². The molecule has 4 nitrogen and oxygen atoms in total. The number of carbonyl (C=O) groups is 1. The molecule has 0 radical (unpaired) electrons. The van der Waals surface area contributed by atoms with Crippen LogP contribution in [0.2, 0.25) is 5.02 Å². The lowest BCUT2D eigenvalue weighted by Crippen LogP contribution is -1.99. The van der Waals surface area contributed by atoms with E-state index >= 15 is 0 Å². The molecular formula is C7H7Cl2NO3. The third-order valence-electron chi connectivity index (χ3n) is 1.32. The van der Waals surface area contributed by atoms with E-state index in [0.717, 1.165) is 6.07 Å². The fraction of sp³-hybridized carbons (Fsp3) is 0. The largest absolute Gasteiger partial charge is 0.508 e. The van der Waals surface area contributed by atoms with Crippen molar-refractivity contribution >= 4 is 35.7 Å². The number of phenols is 1. The van der Waals surface area contributed by atoms with Crippen LogP contribution in [0.15, 0.2) is 12.1 Å². The number of carboxylic acids is 1. The van der Waals surface area contributed by atoms with E-state index < -0.39 is 5.97 Å². The van der Waals surface area contributed by atoms with Crippen LogP contribution in [0.4, 0.5) is 5.69 Å². The standard InChI is InChI=1S/C7H6ClNO3.ClH/c8-6-4(7(11)12)1-3(10)2-5(6)9;/h1-2,10H,9H2,(H,11,12);1H. The average molecular weight is 224 g/mol. The topological polar surface area (TPSA) is 83.5 Å². The van der Waals surface area contributed by atoms with Gasteiger partial charge in [-0.05, 0) is 6.07 Å². The lowest BCUT2D eigenvalue weighted by atomic mass is 10.2. The fourth-order valence-corrected chi connectivity index (χ4v) is 0.977. The number of carboxylic acid groups (broad SMARTS) is 1. The van der Waals surface area contributed by atoms with E-state index in [4.69, 9.17) is 27.5 Å². The number of nitrogen functional groups attached to an aromatic ring is 1. The second-order valence-corrected chi connectivity index (χ2v) is 2.58. The van der Waals surface area contributed by atoms with Crippen molar-refractivity contribution in [2.45, 2.75) is 0 Å². The summed E-state index contributed by atoms with van der Waals surface area (Å²) in [5.41, 5.74) is 5.15. The van der Waals surface area contributed by atoms with Crippen LogP contribution in [0.25, 0.3) is 0 Å². The van der Waals surface area contributed by atoms with Gasteiger partial charge < -0.3 is 15.9 Å². The predicted molar refractivity (Wildman–Crippen MR) is 51.7 cm³/mol. The van der Waals surface area contributed by atoms with Gasteiger partial charge in [0.15, 0.2) is 0 Å². The molecule has 0 saturated carbocycles. The van der Waals surface area contributed by atoms with E-state index in [1.807, 2.05) is 0 Å². The molecule has 0 aliphatic carbocycles. The Labute approximate surface area is 85.3 Å². The molecule has 0 fully saturated rings. The quantitative estimate of drug-likeness (QED) is 0.634. The van der Waals surface area contributed by atoms with Crippen LogP contribution in [0.5, 0.6) is 5.75 Å². The van der Waals surface area contributed by atoms with Gasteiger partial charge in [0.25, 0.3) is 0 Å². The molecule has 0 aliphatic rings. The zero-order valence-electron chi connectivity index (χ0n) is 6.32. The van der Waals surface area contributed by atoms with Crippen molar-refractivity contribution in [3.05, 3.63) is 22.7 Å². The van der Waals surface area contributed by atoms with Crippen LogP contribution in [0, 0.1) is 0 Å². The van der Waals surface area contributed by atoms with E-state index in [1.165, 1.54) is 6.07 Å². The number of hydrogen-bond donors (Lipinski definition) is 3. The van der Waals surface area contributed by atoms with Crippen molar-refractivity contribution in [2.24, 2.45) is 0 Å². The number of nitrogens with two attached hydrogens (primary N) is 1. The van der Waals surface area contributed by atoms with Crippen LogP contribution >= 0.6 is 24.0 Å². The molecule has 0 spiro atoms. The highest BCUT2D eigenvalue weighted by Crippen LogP contribution is 2.28. The molecule has 0 unspecified atom stereocenters. The highest BCUT2D eigenvalue weighted by molar-refractivity contribution is 6.36. The second kappa shape index (κ2) is 4.20. The molecule has 0 bridgehead atoms. The molecular weight excluding hydrogens is 217 g/mol. The number of aromatic hydroxyl groups is 1. The van der Waals surface area contributed by atoms with Crippen LogP contribution in [-0.4, -0.2) is 16.2 Å². The van der Waals surface area contributed by atoms with Gasteiger partial charge in [0.2, 0.25) is 0 Å². The molecule has 13 heavy (non-hydrogen) atoms. The van der Waals surface area contributed by atoms with Crippen molar-refractivity contribution in [3.8, 4) is 5.75 Å². The third kappa shape index (κ3) is 2.40. The smallest absolute Gasteiger partial charge is 0.337 e. The van der Waals surface area contributed by atoms with E-state index in [0.29, 0.717) is 0 Å². The van der Waals surface area contributed by atoms with Crippen LogP contribution in [0.1, 0.15) is 10.4 Å². The SMILES string of the molecule is Cl.Nc1cc(O)cc(C(=O)O)c1Cl. The average Bonchev–Trinajstić information content (AvgIpc) is 1.96. The van der Waals surface area contributed by atoms with E-state index in [-0.39, 0.29) is 34.4 Å². The maximum Gasteiger partial charge on any atom is 0.337 e. The summed E-state index contributed by atoms with van der Waals surface area (Å²) in [5.74, 6) is -1.43. The normalized spacial score (nSPS) is 9.00. The van der Waals surface area contributed by atoms with Crippen LogP contribution < -0.4 is 5.73 Å². The highest BCUT2D eigenvalue weighted by atomic mass is 35.5. The summed E-state index contributed by atoms with van der Waals surface area (Å²) in [7, 11) is 0. The number of rotatable bonds is 1. The number of hydrogen-bond acceptors (Lipinski definition) is 3. The molecule has 72 valence electrons. The molecule has 0 heterocycles. The van der Waals surface area contributed by atoms with Crippen molar-refractivity contribution in [1.29, 1.82) is 0 Å². The molecule has 0 atom stereocenters. The molecule has 0 amide bonds. The van der Waals surface area contributed by atoms with Gasteiger partial charge >= 0.3 is 5.97 Å². The molecule has 6 heteroatoms. The van der Waals surface area contributed by atoms with Crippen molar-refractivity contribution < 1.29 is 15.0 Å². The summed E-state index contributed by atoms with van der Waals surface area (Å²) >= 11 is 5.54. The van der Waals surface area contributed by atoms with Crippen molar-refractivity contribution in [3.63, 3.8) is 0 Å². The lowest BCUT2D eigenvalue weighted by Gasteiger charge is -2.02. The van der Waals surface area contributed by atoms with E-state index in [9.17, 15) is 4.79 Å². The minimum absolute atomic E-state index is 0. The van der Waals surface area contributed by atoms with Crippen LogP contribution in [0.3, 0.4) is 0 Å². The third-order valence-corrected chi connectivity index (χ3v) is 1.74. The molecule has 1 aromatic carbocycles. The number of aromatic carboxylic acids is 1. The van der Waals surface area contributed by atoms with E-state index in [1.54, 1.807) is 0 Å². The predicted octanol–water partition coefficient (Wildman–Crippen LogP) is 1.75. The Kier molecular flexibility index (Phi) is 3.84. The Morgan fingerprint density at radius 1 is 1.46 bits per heavy atom. The van der Waals surface area contributed by atoms with E-state index in [2.05, 4.69) is 0 Å². The summed E-state index contributed by atoms with van der Waals surface area (Å²) < 4.78 is 0. The summed E-state index contributed by atoms with van der Waals surface area (Å²) in [6, 6.07) is 2.23. The Bertz CT molecular complexity index is 341. The number of phenolic OH excluding ortho intramolecular Hbond substituents is 1. The van der Waals surface area contributed by atoms with Crippen molar-refractivity contribution in [2.75, 3.05) is 5.73 Å². The Balaban J connectivity index is 0.00000144. The Morgan fingerprint density at radius 2 is 2.00 bits per heavy atom. The molecule has 1 rings (SSSR count). The first kappa shape index (κ1) is 11.9. The van der Waals surface area contributed by atoms with Gasteiger partial charge in [-0.15, -0.1) is 12.4 Å². The molecule has 1 aromatic rings. The molecule has 4 N–H and O–H groups in total. The minimum atomic E-state index is -1.22. The molecule has 0 saturated heterocycles. The molecule has 0 aliphatic heterocycles. The monoisotopic (exact) mass is 223 g/mol.